The number of methoxy groups -OCH3 is 1. The van der Waals surface area contributed by atoms with Crippen LogP contribution in [-0.4, -0.2) is 13.7 Å². The first-order valence-electron chi connectivity index (χ1n) is 6.34. The molecule has 1 aromatic carbocycles. The number of hydrogen-bond acceptors (Lipinski definition) is 3. The molecule has 0 unspecified atom stereocenters. The molecule has 0 atom stereocenters. The predicted molar refractivity (Wildman–Crippen MR) is 71.7 cm³/mol. The van der Waals surface area contributed by atoms with Crippen molar-refractivity contribution in [1.29, 1.82) is 0 Å². The summed E-state index contributed by atoms with van der Waals surface area (Å²) in [7, 11) is 1.64. The van der Waals surface area contributed by atoms with E-state index < -0.39 is 0 Å². The van der Waals surface area contributed by atoms with Gasteiger partial charge in [0, 0.05) is 6.07 Å². The largest absolute Gasteiger partial charge is 0.497 e. The molecule has 3 nitrogen and oxygen atoms in total. The summed E-state index contributed by atoms with van der Waals surface area (Å²) < 4.78 is 10.8. The quantitative estimate of drug-likeness (QED) is 0.554. The highest BCUT2D eigenvalue weighted by Gasteiger charge is 2.02. The zero-order valence-corrected chi connectivity index (χ0v) is 10.9. The topological polar surface area (TPSA) is 44.5 Å². The molecule has 0 radical (unpaired) electrons. The Labute approximate surface area is 104 Å². The predicted octanol–water partition coefficient (Wildman–Crippen LogP) is 3.63. The van der Waals surface area contributed by atoms with Gasteiger partial charge in [0.25, 0.3) is 0 Å². The second-order valence-corrected chi connectivity index (χ2v) is 4.17. The third kappa shape index (κ3) is 4.98. The van der Waals surface area contributed by atoms with E-state index in [1.54, 1.807) is 7.11 Å². The van der Waals surface area contributed by atoms with E-state index >= 15 is 0 Å². The number of rotatable bonds is 8. The van der Waals surface area contributed by atoms with Crippen LogP contribution >= 0.6 is 0 Å². The SMILES string of the molecule is CCCCCCCOc1cc(OC)ccc1N. The minimum Gasteiger partial charge on any atom is -0.497 e. The van der Waals surface area contributed by atoms with Gasteiger partial charge in [-0.1, -0.05) is 32.6 Å². The molecule has 3 heteroatoms. The van der Waals surface area contributed by atoms with Gasteiger partial charge in [0.1, 0.15) is 11.5 Å². The van der Waals surface area contributed by atoms with Gasteiger partial charge in [-0.3, -0.25) is 0 Å². The monoisotopic (exact) mass is 237 g/mol. The number of unbranched alkanes of at least 4 members (excludes halogenated alkanes) is 4. The zero-order valence-electron chi connectivity index (χ0n) is 10.9. The molecule has 0 aliphatic carbocycles. The average molecular weight is 237 g/mol. The van der Waals surface area contributed by atoms with E-state index in [0.29, 0.717) is 5.69 Å². The van der Waals surface area contributed by atoms with Crippen molar-refractivity contribution in [3.8, 4) is 11.5 Å². The lowest BCUT2D eigenvalue weighted by atomic mass is 10.2. The Morgan fingerprint density at radius 2 is 1.88 bits per heavy atom. The maximum atomic E-state index is 5.83. The first kappa shape index (κ1) is 13.7. The van der Waals surface area contributed by atoms with Crippen LogP contribution in [0.2, 0.25) is 0 Å². The van der Waals surface area contributed by atoms with Gasteiger partial charge in [0.05, 0.1) is 19.4 Å². The van der Waals surface area contributed by atoms with Crippen LogP contribution in [0.25, 0.3) is 0 Å². The van der Waals surface area contributed by atoms with Crippen molar-refractivity contribution in [3.05, 3.63) is 18.2 Å². The number of hydrogen-bond donors (Lipinski definition) is 1. The molecular weight excluding hydrogens is 214 g/mol. The lowest BCUT2D eigenvalue weighted by molar-refractivity contribution is 0.304. The number of anilines is 1. The molecule has 0 bridgehead atoms. The highest BCUT2D eigenvalue weighted by Crippen LogP contribution is 2.26. The second-order valence-electron chi connectivity index (χ2n) is 4.17. The normalized spacial score (nSPS) is 10.2. The molecule has 1 aromatic rings. The fourth-order valence-corrected chi connectivity index (χ4v) is 1.65. The molecule has 0 aliphatic heterocycles. The Balaban J connectivity index is 2.30. The van der Waals surface area contributed by atoms with Crippen LogP contribution in [0, 0.1) is 0 Å². The van der Waals surface area contributed by atoms with Gasteiger partial charge in [-0.2, -0.15) is 0 Å². The van der Waals surface area contributed by atoms with Gasteiger partial charge in [-0.05, 0) is 18.6 Å². The van der Waals surface area contributed by atoms with Crippen molar-refractivity contribution in [2.24, 2.45) is 0 Å². The molecule has 0 saturated carbocycles. The lowest BCUT2D eigenvalue weighted by Gasteiger charge is -2.10. The van der Waals surface area contributed by atoms with Crippen LogP contribution in [0.15, 0.2) is 18.2 Å². The first-order valence-corrected chi connectivity index (χ1v) is 6.34. The summed E-state index contributed by atoms with van der Waals surface area (Å²) in [6.07, 6.45) is 6.16. The molecule has 17 heavy (non-hydrogen) atoms. The summed E-state index contributed by atoms with van der Waals surface area (Å²) in [5, 5.41) is 0. The van der Waals surface area contributed by atoms with Crippen LogP contribution < -0.4 is 15.2 Å². The molecule has 2 N–H and O–H groups in total. The molecule has 0 aromatic heterocycles. The van der Waals surface area contributed by atoms with Gasteiger partial charge < -0.3 is 15.2 Å². The van der Waals surface area contributed by atoms with Crippen molar-refractivity contribution in [2.75, 3.05) is 19.5 Å². The standard InChI is InChI=1S/C14H23NO2/c1-3-4-5-6-7-10-17-14-11-12(16-2)8-9-13(14)15/h8-9,11H,3-7,10,15H2,1-2H3. The summed E-state index contributed by atoms with van der Waals surface area (Å²) in [5.41, 5.74) is 6.49. The Hall–Kier alpha value is -1.38. The third-order valence-corrected chi connectivity index (χ3v) is 2.73. The van der Waals surface area contributed by atoms with Crippen LogP contribution in [0.3, 0.4) is 0 Å². The number of benzene rings is 1. The fraction of sp³-hybridized carbons (Fsp3) is 0.571. The average Bonchev–Trinajstić information content (AvgIpc) is 2.35. The summed E-state index contributed by atoms with van der Waals surface area (Å²) in [5.74, 6) is 1.50. The molecule has 0 fully saturated rings. The molecule has 1 rings (SSSR count). The van der Waals surface area contributed by atoms with Crippen molar-refractivity contribution < 1.29 is 9.47 Å². The van der Waals surface area contributed by atoms with E-state index in [1.807, 2.05) is 18.2 Å². The third-order valence-electron chi connectivity index (χ3n) is 2.73. The zero-order chi connectivity index (χ0) is 12.5. The van der Waals surface area contributed by atoms with E-state index in [-0.39, 0.29) is 0 Å². The Morgan fingerprint density at radius 3 is 2.59 bits per heavy atom. The van der Waals surface area contributed by atoms with Crippen molar-refractivity contribution in [1.82, 2.24) is 0 Å². The minimum atomic E-state index is 0.666. The lowest BCUT2D eigenvalue weighted by Crippen LogP contribution is -2.00. The smallest absolute Gasteiger partial charge is 0.145 e. The Morgan fingerprint density at radius 1 is 1.12 bits per heavy atom. The molecule has 0 saturated heterocycles. The number of nitrogen functional groups attached to an aromatic ring is 1. The molecule has 0 amide bonds. The van der Waals surface area contributed by atoms with Crippen molar-refractivity contribution in [3.63, 3.8) is 0 Å². The van der Waals surface area contributed by atoms with Gasteiger partial charge in [0.2, 0.25) is 0 Å². The molecule has 0 aliphatic rings. The number of nitrogens with two attached hydrogens (primary N) is 1. The number of ether oxygens (including phenoxy) is 2. The summed E-state index contributed by atoms with van der Waals surface area (Å²) >= 11 is 0. The fourth-order valence-electron chi connectivity index (χ4n) is 1.65. The van der Waals surface area contributed by atoms with Crippen LogP contribution in [0.4, 0.5) is 5.69 Å². The van der Waals surface area contributed by atoms with E-state index in [0.717, 1.165) is 24.5 Å². The Kier molecular flexibility index (Phi) is 6.30. The summed E-state index contributed by atoms with van der Waals surface area (Å²) in [6, 6.07) is 5.48. The van der Waals surface area contributed by atoms with Crippen molar-refractivity contribution in [2.45, 2.75) is 39.0 Å². The van der Waals surface area contributed by atoms with Crippen LogP contribution in [0.5, 0.6) is 11.5 Å². The van der Waals surface area contributed by atoms with Gasteiger partial charge in [-0.15, -0.1) is 0 Å². The van der Waals surface area contributed by atoms with Crippen LogP contribution in [0.1, 0.15) is 39.0 Å². The molecular formula is C14H23NO2. The maximum Gasteiger partial charge on any atom is 0.145 e. The van der Waals surface area contributed by atoms with Crippen molar-refractivity contribution >= 4 is 5.69 Å². The van der Waals surface area contributed by atoms with Crippen LogP contribution in [-0.2, 0) is 0 Å². The summed E-state index contributed by atoms with van der Waals surface area (Å²) in [6.45, 7) is 2.94. The van der Waals surface area contributed by atoms with Gasteiger partial charge >= 0.3 is 0 Å². The summed E-state index contributed by atoms with van der Waals surface area (Å²) in [4.78, 5) is 0. The molecule has 0 spiro atoms. The van der Waals surface area contributed by atoms with E-state index in [2.05, 4.69) is 6.92 Å². The van der Waals surface area contributed by atoms with E-state index in [4.69, 9.17) is 15.2 Å². The highest BCUT2D eigenvalue weighted by atomic mass is 16.5. The first-order chi connectivity index (χ1) is 8.27. The molecule has 96 valence electrons. The van der Waals surface area contributed by atoms with E-state index in [1.165, 1.54) is 25.7 Å². The second kappa shape index (κ2) is 7.82. The van der Waals surface area contributed by atoms with E-state index in [9.17, 15) is 0 Å². The maximum absolute atomic E-state index is 5.83. The highest BCUT2D eigenvalue weighted by molar-refractivity contribution is 5.55. The Bertz CT molecular complexity index is 326. The minimum absolute atomic E-state index is 0.666. The molecule has 0 heterocycles. The van der Waals surface area contributed by atoms with Gasteiger partial charge in [0.15, 0.2) is 0 Å². The van der Waals surface area contributed by atoms with Gasteiger partial charge in [-0.25, -0.2) is 0 Å².